The summed E-state index contributed by atoms with van der Waals surface area (Å²) in [6.07, 6.45) is 3.18. The number of anilines is 1. The summed E-state index contributed by atoms with van der Waals surface area (Å²) in [6, 6.07) is 14.6. The van der Waals surface area contributed by atoms with E-state index < -0.39 is 0 Å². The van der Waals surface area contributed by atoms with E-state index in [-0.39, 0.29) is 11.7 Å². The van der Waals surface area contributed by atoms with Crippen molar-refractivity contribution in [2.75, 3.05) is 12.4 Å². The number of nitriles is 1. The molecule has 0 atom stereocenters. The smallest absolute Gasteiger partial charge is 0.274 e. The number of carbonyl (C=O) groups excluding carboxylic acids is 1. The standard InChI is InChI=1S/C24H22N4O3/c1-15-5-8-17(9-6-15)27-24(30)23-22(18(13-25)19-4-3-11-28(19)23)26-14-16-7-10-20(29)21(12-16)31-2/h5-10,12,14,29H,3-4,11H2,1-2H3,(H,27,30). The third-order valence-corrected chi connectivity index (χ3v) is 5.32. The molecule has 7 nitrogen and oxygen atoms in total. The molecule has 0 aliphatic carbocycles. The van der Waals surface area contributed by atoms with E-state index in [1.54, 1.807) is 18.3 Å². The van der Waals surface area contributed by atoms with Crippen molar-refractivity contribution in [3.05, 3.63) is 70.5 Å². The fraction of sp³-hybridized carbons (Fsp3) is 0.208. The second kappa shape index (κ2) is 8.36. The second-order valence-corrected chi connectivity index (χ2v) is 7.40. The number of nitrogens with zero attached hydrogens (tertiary/aromatic N) is 3. The van der Waals surface area contributed by atoms with Crippen LogP contribution in [0.3, 0.4) is 0 Å². The third kappa shape index (κ3) is 3.88. The maximum absolute atomic E-state index is 13.2. The van der Waals surface area contributed by atoms with Gasteiger partial charge in [0.05, 0.1) is 12.7 Å². The van der Waals surface area contributed by atoms with Crippen molar-refractivity contribution in [1.29, 1.82) is 5.26 Å². The van der Waals surface area contributed by atoms with Gasteiger partial charge < -0.3 is 19.7 Å². The molecular formula is C24H22N4O3. The summed E-state index contributed by atoms with van der Waals surface area (Å²) in [6.45, 7) is 2.65. The molecule has 0 unspecified atom stereocenters. The molecule has 7 heteroatoms. The summed E-state index contributed by atoms with van der Waals surface area (Å²) >= 11 is 0. The summed E-state index contributed by atoms with van der Waals surface area (Å²) in [5.74, 6) is 0.0449. The molecule has 4 rings (SSSR count). The van der Waals surface area contributed by atoms with E-state index in [0.29, 0.717) is 40.5 Å². The van der Waals surface area contributed by atoms with Crippen molar-refractivity contribution >= 4 is 23.5 Å². The third-order valence-electron chi connectivity index (χ3n) is 5.32. The molecule has 1 aliphatic heterocycles. The molecule has 0 spiro atoms. The van der Waals surface area contributed by atoms with Gasteiger partial charge in [-0.05, 0) is 55.7 Å². The van der Waals surface area contributed by atoms with Gasteiger partial charge >= 0.3 is 0 Å². The zero-order chi connectivity index (χ0) is 22.0. The van der Waals surface area contributed by atoms with Gasteiger partial charge in [0.2, 0.25) is 0 Å². The van der Waals surface area contributed by atoms with E-state index in [1.807, 2.05) is 35.8 Å². The highest BCUT2D eigenvalue weighted by atomic mass is 16.5. The van der Waals surface area contributed by atoms with Gasteiger partial charge in [-0.3, -0.25) is 9.79 Å². The van der Waals surface area contributed by atoms with E-state index in [9.17, 15) is 15.2 Å². The highest BCUT2D eigenvalue weighted by molar-refractivity contribution is 6.08. The molecule has 1 aliphatic rings. The molecule has 0 bridgehead atoms. The van der Waals surface area contributed by atoms with E-state index in [4.69, 9.17) is 4.74 Å². The van der Waals surface area contributed by atoms with Gasteiger partial charge in [0, 0.05) is 24.1 Å². The fourth-order valence-electron chi connectivity index (χ4n) is 3.78. The number of aromatic nitrogens is 1. The number of ether oxygens (including phenoxy) is 1. The Morgan fingerprint density at radius 3 is 2.77 bits per heavy atom. The highest BCUT2D eigenvalue weighted by Gasteiger charge is 2.29. The van der Waals surface area contributed by atoms with Gasteiger partial charge in [0.15, 0.2) is 11.5 Å². The lowest BCUT2D eigenvalue weighted by Crippen LogP contribution is -2.16. The molecular weight excluding hydrogens is 392 g/mol. The largest absolute Gasteiger partial charge is 0.504 e. The fourth-order valence-corrected chi connectivity index (χ4v) is 3.78. The molecule has 156 valence electrons. The Labute approximate surface area is 180 Å². The van der Waals surface area contributed by atoms with Crippen LogP contribution in [0.1, 0.15) is 39.3 Å². The predicted molar refractivity (Wildman–Crippen MR) is 119 cm³/mol. The molecule has 0 radical (unpaired) electrons. The first kappa shape index (κ1) is 20.2. The predicted octanol–water partition coefficient (Wildman–Crippen LogP) is 4.33. The van der Waals surface area contributed by atoms with E-state index in [0.717, 1.165) is 24.1 Å². The number of fused-ring (bicyclic) bond motifs is 1. The van der Waals surface area contributed by atoms with Gasteiger partial charge in [0.1, 0.15) is 17.5 Å². The van der Waals surface area contributed by atoms with Crippen LogP contribution in [0.15, 0.2) is 47.5 Å². The van der Waals surface area contributed by atoms with Gasteiger partial charge in [-0.15, -0.1) is 0 Å². The number of phenolic OH excluding ortho intramolecular Hbond substituents is 1. The maximum Gasteiger partial charge on any atom is 0.274 e. The van der Waals surface area contributed by atoms with E-state index in [1.165, 1.54) is 13.2 Å². The number of nitrogens with one attached hydrogen (secondary N) is 1. The molecule has 0 saturated carbocycles. The average Bonchev–Trinajstić information content (AvgIpc) is 3.34. The Morgan fingerprint density at radius 1 is 1.29 bits per heavy atom. The number of hydrogen-bond acceptors (Lipinski definition) is 5. The van der Waals surface area contributed by atoms with Gasteiger partial charge in [-0.25, -0.2) is 0 Å². The number of hydrogen-bond donors (Lipinski definition) is 2. The first-order chi connectivity index (χ1) is 15.0. The van der Waals surface area contributed by atoms with Crippen molar-refractivity contribution < 1.29 is 14.6 Å². The summed E-state index contributed by atoms with van der Waals surface area (Å²) in [5.41, 5.74) is 4.46. The zero-order valence-corrected chi connectivity index (χ0v) is 17.3. The zero-order valence-electron chi connectivity index (χ0n) is 17.3. The van der Waals surface area contributed by atoms with Crippen molar-refractivity contribution in [3.63, 3.8) is 0 Å². The Morgan fingerprint density at radius 2 is 2.06 bits per heavy atom. The Kier molecular flexibility index (Phi) is 5.46. The van der Waals surface area contributed by atoms with Crippen LogP contribution in [0.5, 0.6) is 11.5 Å². The van der Waals surface area contributed by atoms with E-state index >= 15 is 0 Å². The van der Waals surface area contributed by atoms with Crippen LogP contribution < -0.4 is 10.1 Å². The topological polar surface area (TPSA) is 99.6 Å². The van der Waals surface area contributed by atoms with Crippen LogP contribution in [0.4, 0.5) is 11.4 Å². The Bertz CT molecular complexity index is 1220. The first-order valence-electron chi connectivity index (χ1n) is 9.96. The van der Waals surface area contributed by atoms with Crippen molar-refractivity contribution in [2.24, 2.45) is 4.99 Å². The number of aryl methyl sites for hydroxylation is 1. The quantitative estimate of drug-likeness (QED) is 0.607. The molecule has 1 aromatic heterocycles. The molecule has 0 fully saturated rings. The number of aromatic hydroxyl groups is 1. The van der Waals surface area contributed by atoms with Crippen molar-refractivity contribution in [2.45, 2.75) is 26.3 Å². The normalized spacial score (nSPS) is 12.5. The first-order valence-corrected chi connectivity index (χ1v) is 9.96. The molecule has 1 amide bonds. The summed E-state index contributed by atoms with van der Waals surface area (Å²) in [4.78, 5) is 17.7. The Balaban J connectivity index is 1.74. The molecule has 2 N–H and O–H groups in total. The van der Waals surface area contributed by atoms with Crippen molar-refractivity contribution in [3.8, 4) is 17.6 Å². The Hall–Kier alpha value is -4.05. The number of methoxy groups -OCH3 is 1. The van der Waals surface area contributed by atoms with Gasteiger partial charge in [0.25, 0.3) is 5.91 Å². The average molecular weight is 414 g/mol. The number of benzene rings is 2. The van der Waals surface area contributed by atoms with Gasteiger partial charge in [-0.2, -0.15) is 5.26 Å². The van der Waals surface area contributed by atoms with Crippen LogP contribution in [0, 0.1) is 18.3 Å². The summed E-state index contributed by atoms with van der Waals surface area (Å²) in [5, 5.41) is 22.5. The van der Waals surface area contributed by atoms with Crippen LogP contribution in [-0.2, 0) is 13.0 Å². The lowest BCUT2D eigenvalue weighted by atomic mass is 10.1. The lowest BCUT2D eigenvalue weighted by molar-refractivity contribution is 0.101. The second-order valence-electron chi connectivity index (χ2n) is 7.40. The lowest BCUT2D eigenvalue weighted by Gasteiger charge is -2.09. The van der Waals surface area contributed by atoms with Crippen molar-refractivity contribution in [1.82, 2.24) is 4.57 Å². The number of phenols is 1. The minimum Gasteiger partial charge on any atom is -0.504 e. The number of rotatable bonds is 5. The number of carbonyl (C=O) groups is 1. The number of amides is 1. The number of aliphatic imine (C=N–C) groups is 1. The SMILES string of the molecule is COc1cc(C=Nc2c(C#N)c3n(c2C(=O)Nc2ccc(C)cc2)CCC3)ccc1O. The van der Waals surface area contributed by atoms with Gasteiger partial charge in [-0.1, -0.05) is 17.7 Å². The van der Waals surface area contributed by atoms with E-state index in [2.05, 4.69) is 16.4 Å². The molecule has 2 aromatic carbocycles. The molecule has 0 saturated heterocycles. The summed E-state index contributed by atoms with van der Waals surface area (Å²) < 4.78 is 7.03. The highest BCUT2D eigenvalue weighted by Crippen LogP contribution is 2.36. The molecule has 2 heterocycles. The molecule has 3 aromatic rings. The van der Waals surface area contributed by atoms with Crippen LogP contribution >= 0.6 is 0 Å². The minimum absolute atomic E-state index is 0.0263. The maximum atomic E-state index is 13.2. The van der Waals surface area contributed by atoms with Crippen LogP contribution in [0.2, 0.25) is 0 Å². The van der Waals surface area contributed by atoms with Crippen LogP contribution in [-0.4, -0.2) is 28.9 Å². The summed E-state index contributed by atoms with van der Waals surface area (Å²) in [7, 11) is 1.47. The molecule has 31 heavy (non-hydrogen) atoms. The monoisotopic (exact) mass is 414 g/mol. The van der Waals surface area contributed by atoms with Crippen LogP contribution in [0.25, 0.3) is 0 Å². The minimum atomic E-state index is -0.302.